The number of fused-ring (bicyclic) bond motifs is 5. The van der Waals surface area contributed by atoms with Crippen LogP contribution in [0.3, 0.4) is 0 Å². The zero-order valence-corrected chi connectivity index (χ0v) is 21.4. The Morgan fingerprint density at radius 1 is 1.12 bits per heavy atom. The Kier molecular flexibility index (Phi) is 6.40. The predicted octanol–water partition coefficient (Wildman–Crippen LogP) is 6.70. The lowest BCUT2D eigenvalue weighted by Gasteiger charge is -2.61. The Labute approximate surface area is 201 Å². The highest BCUT2D eigenvalue weighted by atomic mass is 16.5. The van der Waals surface area contributed by atoms with Crippen LogP contribution in [-0.2, 0) is 11.3 Å². The molecule has 1 aromatic rings. The molecule has 0 spiro atoms. The van der Waals surface area contributed by atoms with Crippen molar-refractivity contribution in [2.75, 3.05) is 13.2 Å². The highest BCUT2D eigenvalue weighted by Crippen LogP contribution is 2.68. The number of hydrogen-bond acceptors (Lipinski definition) is 3. The number of nitrogens with zero attached hydrogens (tertiary/aromatic N) is 3. The summed E-state index contributed by atoms with van der Waals surface area (Å²) in [4.78, 5) is 0. The fourth-order valence-electron chi connectivity index (χ4n) is 9.73. The quantitative estimate of drug-likeness (QED) is 0.483. The van der Waals surface area contributed by atoms with Crippen LogP contribution in [0.5, 0.6) is 0 Å². The molecular formula is C29H45N3O. The smallest absolute Gasteiger partial charge is 0.138 e. The molecule has 4 fully saturated rings. The molecule has 4 nitrogen and oxygen atoms in total. The van der Waals surface area contributed by atoms with Gasteiger partial charge < -0.3 is 4.74 Å². The molecule has 1 aromatic heterocycles. The lowest BCUT2D eigenvalue weighted by atomic mass is 9.44. The summed E-state index contributed by atoms with van der Waals surface area (Å²) in [5, 5.41) is 13.9. The van der Waals surface area contributed by atoms with Crippen molar-refractivity contribution >= 4 is 0 Å². The van der Waals surface area contributed by atoms with Gasteiger partial charge in [-0.25, -0.2) is 0 Å². The van der Waals surface area contributed by atoms with Crippen LogP contribution in [0.15, 0.2) is 12.3 Å². The number of ether oxygens (including phenoxy) is 1. The first-order chi connectivity index (χ1) is 15.9. The van der Waals surface area contributed by atoms with Gasteiger partial charge in [-0.2, -0.15) is 10.4 Å². The Bertz CT molecular complexity index is 872. The second-order valence-electron chi connectivity index (χ2n) is 12.7. The summed E-state index contributed by atoms with van der Waals surface area (Å²) < 4.78 is 7.77. The summed E-state index contributed by atoms with van der Waals surface area (Å²) in [6.07, 6.45) is 14.5. The van der Waals surface area contributed by atoms with Crippen LogP contribution >= 0.6 is 0 Å². The molecule has 4 saturated carbocycles. The van der Waals surface area contributed by atoms with Crippen molar-refractivity contribution < 1.29 is 4.74 Å². The third-order valence-electron chi connectivity index (χ3n) is 11.4. The largest absolute Gasteiger partial charge is 0.381 e. The lowest BCUT2D eigenvalue weighted by molar-refractivity contribution is -0.125. The second kappa shape index (κ2) is 9.03. The minimum Gasteiger partial charge on any atom is -0.381 e. The summed E-state index contributed by atoms with van der Waals surface area (Å²) in [5.74, 6) is 5.82. The van der Waals surface area contributed by atoms with E-state index >= 15 is 0 Å². The second-order valence-corrected chi connectivity index (χ2v) is 12.7. The molecule has 0 N–H and O–H groups in total. The van der Waals surface area contributed by atoms with Crippen LogP contribution < -0.4 is 0 Å². The molecule has 0 bridgehead atoms. The summed E-state index contributed by atoms with van der Waals surface area (Å²) in [5.41, 5.74) is 1.74. The first kappa shape index (κ1) is 23.4. The average Bonchev–Trinajstić information content (AvgIpc) is 3.40. The molecule has 1 heterocycles. The Balaban J connectivity index is 1.29. The first-order valence-corrected chi connectivity index (χ1v) is 13.9. The zero-order chi connectivity index (χ0) is 23.2. The lowest BCUT2D eigenvalue weighted by Crippen LogP contribution is -2.54. The highest BCUT2D eigenvalue weighted by Gasteiger charge is 2.60. The van der Waals surface area contributed by atoms with E-state index in [9.17, 15) is 5.26 Å². The maximum absolute atomic E-state index is 9.41. The number of rotatable bonds is 6. The Morgan fingerprint density at radius 3 is 2.70 bits per heavy atom. The van der Waals surface area contributed by atoms with Crippen LogP contribution in [0.25, 0.3) is 0 Å². The minimum absolute atomic E-state index is 0.468. The standard InChI is InChI=1S/C29H45N3O/c1-5-33-19-21-10-13-28(3)22(16-21)6-7-24-26-9-8-25(29(26,4)14-11-27(24)28)20(2)18-32-23(17-30)12-15-31-32/h12,15,20-22,24-27H,5-11,13-14,16,18-19H2,1-4H3/t20-,21+,22-,24+,25?,26?,27?,28+,29-/m1/s1. The molecule has 0 amide bonds. The maximum atomic E-state index is 9.41. The van der Waals surface area contributed by atoms with Crippen LogP contribution in [0.1, 0.15) is 91.2 Å². The van der Waals surface area contributed by atoms with Crippen LogP contribution in [0, 0.1) is 63.6 Å². The van der Waals surface area contributed by atoms with Gasteiger partial charge >= 0.3 is 0 Å². The van der Waals surface area contributed by atoms with Gasteiger partial charge in [0, 0.05) is 19.8 Å². The van der Waals surface area contributed by atoms with Gasteiger partial charge in [0.15, 0.2) is 0 Å². The fourth-order valence-corrected chi connectivity index (χ4v) is 9.73. The van der Waals surface area contributed by atoms with E-state index < -0.39 is 0 Å². The van der Waals surface area contributed by atoms with Crippen LogP contribution in [0.2, 0.25) is 0 Å². The van der Waals surface area contributed by atoms with Gasteiger partial charge in [0.25, 0.3) is 0 Å². The van der Waals surface area contributed by atoms with Crippen molar-refractivity contribution in [3.8, 4) is 6.07 Å². The van der Waals surface area contributed by atoms with Crippen molar-refractivity contribution in [1.82, 2.24) is 9.78 Å². The topological polar surface area (TPSA) is 50.8 Å². The van der Waals surface area contributed by atoms with Crippen molar-refractivity contribution in [2.24, 2.45) is 52.3 Å². The van der Waals surface area contributed by atoms with Gasteiger partial charge in [-0.15, -0.1) is 0 Å². The van der Waals surface area contributed by atoms with Gasteiger partial charge in [0.1, 0.15) is 11.8 Å². The molecule has 5 rings (SSSR count). The van der Waals surface area contributed by atoms with Crippen molar-refractivity contribution in [2.45, 2.75) is 92.0 Å². The molecule has 4 heteroatoms. The molecule has 0 radical (unpaired) electrons. The van der Waals surface area contributed by atoms with E-state index in [4.69, 9.17) is 4.74 Å². The third-order valence-corrected chi connectivity index (χ3v) is 11.4. The van der Waals surface area contributed by atoms with E-state index in [2.05, 4.69) is 38.9 Å². The van der Waals surface area contributed by atoms with Gasteiger partial charge in [-0.05, 0) is 123 Å². The minimum atomic E-state index is 0.468. The monoisotopic (exact) mass is 451 g/mol. The molecule has 182 valence electrons. The molecule has 0 saturated heterocycles. The average molecular weight is 452 g/mol. The molecule has 4 aliphatic rings. The van der Waals surface area contributed by atoms with Crippen LogP contribution in [0.4, 0.5) is 0 Å². The summed E-state index contributed by atoms with van der Waals surface area (Å²) in [7, 11) is 0. The molecule has 0 aliphatic heterocycles. The molecular weight excluding hydrogens is 406 g/mol. The van der Waals surface area contributed by atoms with Gasteiger partial charge in [-0.1, -0.05) is 20.8 Å². The Morgan fingerprint density at radius 2 is 1.91 bits per heavy atom. The molecule has 4 aliphatic carbocycles. The summed E-state index contributed by atoms with van der Waals surface area (Å²) in [6, 6.07) is 4.16. The first-order valence-electron chi connectivity index (χ1n) is 13.9. The van der Waals surface area contributed by atoms with E-state index in [1.807, 2.05) is 10.7 Å². The SMILES string of the molecule is CCOC[C@H]1CC[C@]2(C)C3CC[C@@]4(C)C(CCC4[C@H](C)Cn4nccc4C#N)[C@@H]3CC[C@@H]2C1. The van der Waals surface area contributed by atoms with E-state index in [1.165, 1.54) is 57.8 Å². The van der Waals surface area contributed by atoms with E-state index in [0.717, 1.165) is 55.3 Å². The maximum Gasteiger partial charge on any atom is 0.138 e. The number of aromatic nitrogens is 2. The van der Waals surface area contributed by atoms with Crippen molar-refractivity contribution in [3.05, 3.63) is 18.0 Å². The third kappa shape index (κ3) is 3.87. The number of hydrogen-bond donors (Lipinski definition) is 0. The molecule has 33 heavy (non-hydrogen) atoms. The summed E-state index contributed by atoms with van der Waals surface area (Å²) >= 11 is 0. The van der Waals surface area contributed by atoms with Gasteiger partial charge in [0.05, 0.1) is 6.20 Å². The predicted molar refractivity (Wildman–Crippen MR) is 131 cm³/mol. The molecule has 3 unspecified atom stereocenters. The number of nitriles is 1. The van der Waals surface area contributed by atoms with Gasteiger partial charge in [0.2, 0.25) is 0 Å². The fraction of sp³-hybridized carbons (Fsp3) is 0.862. The normalized spacial score (nSPS) is 43.2. The van der Waals surface area contributed by atoms with E-state index in [1.54, 1.807) is 6.20 Å². The van der Waals surface area contributed by atoms with Gasteiger partial charge in [-0.3, -0.25) is 4.68 Å². The van der Waals surface area contributed by atoms with Crippen molar-refractivity contribution in [1.29, 1.82) is 5.26 Å². The van der Waals surface area contributed by atoms with Crippen LogP contribution in [-0.4, -0.2) is 23.0 Å². The Hall–Kier alpha value is -1.34. The molecule has 0 aromatic carbocycles. The highest BCUT2D eigenvalue weighted by molar-refractivity contribution is 5.18. The van der Waals surface area contributed by atoms with E-state index in [-0.39, 0.29) is 0 Å². The molecule has 9 atom stereocenters. The summed E-state index contributed by atoms with van der Waals surface area (Å²) in [6.45, 7) is 12.6. The van der Waals surface area contributed by atoms with Crippen molar-refractivity contribution in [3.63, 3.8) is 0 Å². The zero-order valence-electron chi connectivity index (χ0n) is 21.4. The van der Waals surface area contributed by atoms with E-state index in [0.29, 0.717) is 22.4 Å².